The third kappa shape index (κ3) is 4.60. The number of carbonyl (C=O) groups excluding carboxylic acids is 1. The van der Waals surface area contributed by atoms with Crippen LogP contribution in [-0.4, -0.2) is 40.4 Å². The van der Waals surface area contributed by atoms with Gasteiger partial charge < -0.3 is 15.0 Å². The van der Waals surface area contributed by atoms with Crippen molar-refractivity contribution in [3.05, 3.63) is 41.0 Å². The molecule has 1 aliphatic rings. The molecule has 0 spiro atoms. The monoisotopic (exact) mass is 431 g/mol. The van der Waals surface area contributed by atoms with Crippen molar-refractivity contribution < 1.29 is 9.53 Å². The minimum Gasteiger partial charge on any atom is -0.380 e. The van der Waals surface area contributed by atoms with Crippen LogP contribution < -0.4 is 10.2 Å². The van der Waals surface area contributed by atoms with E-state index in [0.717, 1.165) is 40.7 Å². The number of ether oxygens (including phenoxy) is 1. The Bertz CT molecular complexity index is 1000. The Kier molecular flexibility index (Phi) is 6.13. The molecule has 0 atom stereocenters. The summed E-state index contributed by atoms with van der Waals surface area (Å²) < 4.78 is 7.18. The molecule has 0 saturated carbocycles. The van der Waals surface area contributed by atoms with Gasteiger partial charge in [0.05, 0.1) is 35.8 Å². The number of halogens is 1. The van der Waals surface area contributed by atoms with E-state index in [1.165, 1.54) is 11.3 Å². The molecular weight excluding hydrogens is 410 g/mol. The van der Waals surface area contributed by atoms with E-state index < -0.39 is 0 Å². The summed E-state index contributed by atoms with van der Waals surface area (Å²) in [7, 11) is 0. The minimum absolute atomic E-state index is 0.149. The molecule has 3 aromatic rings. The Morgan fingerprint density at radius 3 is 3.03 bits per heavy atom. The number of aromatic nitrogens is 3. The first-order valence-electron chi connectivity index (χ1n) is 9.57. The van der Waals surface area contributed by atoms with Crippen LogP contribution in [0, 0.1) is 0 Å². The zero-order valence-electron chi connectivity index (χ0n) is 16.1. The zero-order valence-corrected chi connectivity index (χ0v) is 17.7. The summed E-state index contributed by atoms with van der Waals surface area (Å²) in [6.07, 6.45) is 5.18. The van der Waals surface area contributed by atoms with Gasteiger partial charge in [-0.25, -0.2) is 4.98 Å². The molecule has 0 bridgehead atoms. The first kappa shape index (κ1) is 19.9. The lowest BCUT2D eigenvalue weighted by atomic mass is 10.1. The van der Waals surface area contributed by atoms with Gasteiger partial charge in [-0.05, 0) is 31.5 Å². The van der Waals surface area contributed by atoms with Gasteiger partial charge in [0.15, 0.2) is 5.13 Å². The maximum Gasteiger partial charge on any atom is 0.227 e. The SMILES string of the molecule is CCOCCn1cc(Nc2nc(-c3ccc(N4CCCC4=O)cc3Cl)cs2)cn1. The van der Waals surface area contributed by atoms with E-state index in [1.54, 1.807) is 11.1 Å². The summed E-state index contributed by atoms with van der Waals surface area (Å²) in [6.45, 7) is 4.77. The van der Waals surface area contributed by atoms with Crippen molar-refractivity contribution in [2.75, 3.05) is 30.0 Å². The van der Waals surface area contributed by atoms with E-state index in [0.29, 0.717) is 31.2 Å². The number of rotatable bonds is 8. The fourth-order valence-corrected chi connectivity index (χ4v) is 4.23. The summed E-state index contributed by atoms with van der Waals surface area (Å²) in [4.78, 5) is 18.4. The summed E-state index contributed by atoms with van der Waals surface area (Å²) in [5, 5.41) is 10.9. The van der Waals surface area contributed by atoms with Crippen molar-refractivity contribution in [1.82, 2.24) is 14.8 Å². The Labute approximate surface area is 178 Å². The number of carbonyl (C=O) groups is 1. The van der Waals surface area contributed by atoms with Crippen molar-refractivity contribution in [2.24, 2.45) is 0 Å². The third-order valence-electron chi connectivity index (χ3n) is 4.67. The molecule has 3 heterocycles. The van der Waals surface area contributed by atoms with Crippen molar-refractivity contribution >= 4 is 45.4 Å². The van der Waals surface area contributed by atoms with Crippen LogP contribution in [0.15, 0.2) is 36.0 Å². The van der Waals surface area contributed by atoms with Gasteiger partial charge in [0.1, 0.15) is 0 Å². The van der Waals surface area contributed by atoms with E-state index in [9.17, 15) is 4.79 Å². The van der Waals surface area contributed by atoms with E-state index in [1.807, 2.05) is 41.4 Å². The lowest BCUT2D eigenvalue weighted by Crippen LogP contribution is -2.23. The van der Waals surface area contributed by atoms with Gasteiger partial charge in [-0.3, -0.25) is 9.48 Å². The fourth-order valence-electron chi connectivity index (χ4n) is 3.23. The van der Waals surface area contributed by atoms with Crippen LogP contribution in [-0.2, 0) is 16.1 Å². The molecule has 4 rings (SSSR count). The van der Waals surface area contributed by atoms with Gasteiger partial charge in [0.25, 0.3) is 0 Å². The fraction of sp³-hybridized carbons (Fsp3) is 0.350. The highest BCUT2D eigenvalue weighted by atomic mass is 35.5. The van der Waals surface area contributed by atoms with Crippen molar-refractivity contribution in [3.8, 4) is 11.3 Å². The second kappa shape index (κ2) is 8.94. The number of nitrogens with one attached hydrogen (secondary N) is 1. The normalized spacial score (nSPS) is 14.0. The highest BCUT2D eigenvalue weighted by Gasteiger charge is 2.22. The van der Waals surface area contributed by atoms with E-state index in [-0.39, 0.29) is 5.91 Å². The Hall–Kier alpha value is -2.42. The molecule has 0 radical (unpaired) electrons. The van der Waals surface area contributed by atoms with E-state index in [4.69, 9.17) is 16.3 Å². The molecule has 0 aliphatic carbocycles. The topological polar surface area (TPSA) is 72.3 Å². The first-order valence-corrected chi connectivity index (χ1v) is 10.8. The van der Waals surface area contributed by atoms with Crippen molar-refractivity contribution in [3.63, 3.8) is 0 Å². The third-order valence-corrected chi connectivity index (χ3v) is 5.74. The predicted octanol–water partition coefficient (Wildman–Crippen LogP) is 4.57. The minimum atomic E-state index is 0.149. The molecule has 9 heteroatoms. The molecule has 1 aromatic carbocycles. The number of benzene rings is 1. The molecular formula is C20H22ClN5O2S. The molecule has 0 unspecified atom stereocenters. The lowest BCUT2D eigenvalue weighted by Gasteiger charge is -2.16. The molecule has 1 fully saturated rings. The molecule has 1 amide bonds. The Morgan fingerprint density at radius 1 is 1.38 bits per heavy atom. The van der Waals surface area contributed by atoms with Crippen LogP contribution in [0.2, 0.25) is 5.02 Å². The first-order chi connectivity index (χ1) is 14.1. The summed E-state index contributed by atoms with van der Waals surface area (Å²) in [5.74, 6) is 0.149. The van der Waals surface area contributed by atoms with E-state index >= 15 is 0 Å². The largest absolute Gasteiger partial charge is 0.380 e. The second-order valence-electron chi connectivity index (χ2n) is 6.66. The van der Waals surface area contributed by atoms with Gasteiger partial charge in [0, 0.05) is 42.4 Å². The number of hydrogen-bond acceptors (Lipinski definition) is 6. The Morgan fingerprint density at radius 2 is 2.28 bits per heavy atom. The average molecular weight is 432 g/mol. The van der Waals surface area contributed by atoms with Gasteiger partial charge in [-0.15, -0.1) is 11.3 Å². The van der Waals surface area contributed by atoms with Gasteiger partial charge >= 0.3 is 0 Å². The van der Waals surface area contributed by atoms with Crippen LogP contribution in [0.3, 0.4) is 0 Å². The number of nitrogens with zero attached hydrogens (tertiary/aromatic N) is 4. The van der Waals surface area contributed by atoms with Gasteiger partial charge in [-0.1, -0.05) is 11.6 Å². The molecule has 29 heavy (non-hydrogen) atoms. The van der Waals surface area contributed by atoms with Crippen LogP contribution >= 0.6 is 22.9 Å². The maximum atomic E-state index is 11.9. The predicted molar refractivity (Wildman–Crippen MR) is 116 cm³/mol. The number of thiazole rings is 1. The smallest absolute Gasteiger partial charge is 0.227 e. The summed E-state index contributed by atoms with van der Waals surface area (Å²) >= 11 is 8.01. The lowest BCUT2D eigenvalue weighted by molar-refractivity contribution is -0.117. The van der Waals surface area contributed by atoms with Gasteiger partial charge in [0.2, 0.25) is 5.91 Å². The second-order valence-corrected chi connectivity index (χ2v) is 7.93. The number of amides is 1. The summed E-state index contributed by atoms with van der Waals surface area (Å²) in [5.41, 5.74) is 3.36. The number of hydrogen-bond donors (Lipinski definition) is 1. The molecule has 2 aromatic heterocycles. The maximum absolute atomic E-state index is 11.9. The summed E-state index contributed by atoms with van der Waals surface area (Å²) in [6, 6.07) is 5.70. The molecule has 1 saturated heterocycles. The van der Waals surface area contributed by atoms with Crippen molar-refractivity contribution in [1.29, 1.82) is 0 Å². The average Bonchev–Trinajstić information content (AvgIpc) is 3.44. The highest BCUT2D eigenvalue weighted by Crippen LogP contribution is 2.35. The van der Waals surface area contributed by atoms with Crippen LogP contribution in [0.4, 0.5) is 16.5 Å². The highest BCUT2D eigenvalue weighted by molar-refractivity contribution is 7.14. The molecule has 7 nitrogen and oxygen atoms in total. The van der Waals surface area contributed by atoms with Gasteiger partial charge in [-0.2, -0.15) is 5.10 Å². The van der Waals surface area contributed by atoms with Crippen LogP contribution in [0.5, 0.6) is 0 Å². The van der Waals surface area contributed by atoms with Crippen LogP contribution in [0.1, 0.15) is 19.8 Å². The molecule has 1 aliphatic heterocycles. The molecule has 152 valence electrons. The standard InChI is InChI=1S/C20H22ClN5O2S/c1-2-28-9-8-25-12-14(11-22-25)23-20-24-18(13-29-20)16-6-5-15(10-17(16)21)26-7-3-4-19(26)27/h5-6,10-13H,2-4,7-9H2,1H3,(H,23,24). The molecule has 1 N–H and O–H groups in total. The van der Waals surface area contributed by atoms with Crippen LogP contribution in [0.25, 0.3) is 11.3 Å². The number of anilines is 3. The van der Waals surface area contributed by atoms with Crippen molar-refractivity contribution in [2.45, 2.75) is 26.3 Å². The van der Waals surface area contributed by atoms with E-state index in [2.05, 4.69) is 15.4 Å². The zero-order chi connectivity index (χ0) is 20.2. The Balaban J connectivity index is 1.44. The quantitative estimate of drug-likeness (QED) is 0.529.